The molecule has 2 aromatic rings. The van der Waals surface area contributed by atoms with Crippen molar-refractivity contribution in [1.82, 2.24) is 4.98 Å². The largest absolute Gasteiger partial charge is 0.247 e. The Morgan fingerprint density at radius 3 is 2.65 bits per heavy atom. The minimum absolute atomic E-state index is 1.17. The minimum Gasteiger partial charge on any atom is -0.247 e. The van der Waals surface area contributed by atoms with Crippen molar-refractivity contribution in [3.8, 4) is 0 Å². The zero-order valence-electron chi connectivity index (χ0n) is 10.7. The lowest BCUT2D eigenvalue weighted by atomic mass is 10.1. The molecule has 3 heteroatoms. The third kappa shape index (κ3) is 3.17. The highest BCUT2D eigenvalue weighted by atomic mass is 32.1. The first kappa shape index (κ1) is 12.8. The average Bonchev–Trinajstić information content (AvgIpc) is 2.86. The van der Waals surface area contributed by atoms with Crippen molar-refractivity contribution in [3.63, 3.8) is 0 Å². The van der Waals surface area contributed by atoms with Gasteiger partial charge in [0.15, 0.2) is 0 Å². The summed E-state index contributed by atoms with van der Waals surface area (Å²) < 4.78 is 0. The molecule has 1 nitrogen and oxygen atoms in total. The highest BCUT2D eigenvalue weighted by molar-refractivity contribution is 7.11. The lowest BCUT2D eigenvalue weighted by molar-refractivity contribution is 0.819. The van der Waals surface area contributed by atoms with Gasteiger partial charge in [0.2, 0.25) is 0 Å². The van der Waals surface area contributed by atoms with Crippen molar-refractivity contribution >= 4 is 22.7 Å². The van der Waals surface area contributed by atoms with Crippen LogP contribution in [-0.2, 0) is 19.3 Å². The van der Waals surface area contributed by atoms with E-state index in [2.05, 4.69) is 37.2 Å². The Balaban J connectivity index is 1.89. The van der Waals surface area contributed by atoms with E-state index in [-0.39, 0.29) is 0 Å². The molecule has 0 N–H and O–H groups in total. The van der Waals surface area contributed by atoms with Crippen LogP contribution in [0.25, 0.3) is 0 Å². The van der Waals surface area contributed by atoms with Gasteiger partial charge in [-0.2, -0.15) is 0 Å². The first-order valence-corrected chi connectivity index (χ1v) is 7.88. The summed E-state index contributed by atoms with van der Waals surface area (Å²) in [6, 6.07) is 2.29. The maximum absolute atomic E-state index is 4.48. The topological polar surface area (TPSA) is 12.9 Å². The Kier molecular flexibility index (Phi) is 4.35. The van der Waals surface area contributed by atoms with Gasteiger partial charge in [-0.25, -0.2) is 4.98 Å². The first-order valence-electron chi connectivity index (χ1n) is 6.19. The molecule has 2 aromatic heterocycles. The van der Waals surface area contributed by atoms with Crippen LogP contribution in [0.5, 0.6) is 0 Å². The van der Waals surface area contributed by atoms with E-state index in [4.69, 9.17) is 0 Å². The zero-order valence-corrected chi connectivity index (χ0v) is 12.4. The van der Waals surface area contributed by atoms with Crippen LogP contribution in [0.3, 0.4) is 0 Å². The number of hydrogen-bond donors (Lipinski definition) is 0. The average molecular weight is 265 g/mol. The molecular formula is C14H19NS2. The summed E-state index contributed by atoms with van der Waals surface area (Å²) in [4.78, 5) is 7.51. The zero-order chi connectivity index (χ0) is 12.3. The molecule has 0 saturated heterocycles. The fourth-order valence-electron chi connectivity index (χ4n) is 2.14. The van der Waals surface area contributed by atoms with Crippen molar-refractivity contribution in [2.75, 3.05) is 0 Å². The van der Waals surface area contributed by atoms with E-state index in [1.165, 1.54) is 41.3 Å². The molecular weight excluding hydrogens is 246 g/mol. The number of hydrogen-bond acceptors (Lipinski definition) is 3. The molecule has 0 spiro atoms. The van der Waals surface area contributed by atoms with Gasteiger partial charge in [0.25, 0.3) is 0 Å². The van der Waals surface area contributed by atoms with E-state index < -0.39 is 0 Å². The van der Waals surface area contributed by atoms with Gasteiger partial charge >= 0.3 is 0 Å². The molecule has 0 aliphatic rings. The van der Waals surface area contributed by atoms with Crippen LogP contribution in [0.1, 0.15) is 39.4 Å². The van der Waals surface area contributed by atoms with Crippen LogP contribution < -0.4 is 0 Å². The van der Waals surface area contributed by atoms with E-state index in [1.807, 2.05) is 22.7 Å². The van der Waals surface area contributed by atoms with Crippen molar-refractivity contribution in [3.05, 3.63) is 37.5 Å². The molecule has 0 bridgehead atoms. The van der Waals surface area contributed by atoms with Crippen LogP contribution in [0.2, 0.25) is 0 Å². The highest BCUT2D eigenvalue weighted by Gasteiger charge is 2.06. The smallest absolute Gasteiger partial charge is 0.0900 e. The molecule has 2 rings (SSSR count). The summed E-state index contributed by atoms with van der Waals surface area (Å²) in [5.74, 6) is 0. The SMILES string of the molecule is CCc1sccc1CCCc1sc(C)nc1C. The molecule has 0 aromatic carbocycles. The maximum Gasteiger partial charge on any atom is 0.0900 e. The Bertz CT molecular complexity index is 482. The molecule has 0 aliphatic heterocycles. The molecule has 0 amide bonds. The third-order valence-electron chi connectivity index (χ3n) is 3.01. The van der Waals surface area contributed by atoms with Crippen molar-refractivity contribution in [1.29, 1.82) is 0 Å². The normalized spacial score (nSPS) is 11.0. The van der Waals surface area contributed by atoms with Crippen molar-refractivity contribution in [2.45, 2.75) is 46.5 Å². The molecule has 0 aliphatic carbocycles. The molecule has 2 heterocycles. The Labute approximate surface area is 112 Å². The molecule has 0 unspecified atom stereocenters. The summed E-state index contributed by atoms with van der Waals surface area (Å²) >= 11 is 3.75. The predicted molar refractivity (Wildman–Crippen MR) is 77.3 cm³/mol. The fourth-order valence-corrected chi connectivity index (χ4v) is 4.01. The standard InChI is InChI=1S/C14H19NS2/c1-4-13-12(8-9-16-13)6-5-7-14-10(2)15-11(3)17-14/h8-9H,4-7H2,1-3H3. The number of aromatic nitrogens is 1. The summed E-state index contributed by atoms with van der Waals surface area (Å²) in [5, 5.41) is 3.42. The van der Waals surface area contributed by atoms with Gasteiger partial charge in [0, 0.05) is 9.75 Å². The quantitative estimate of drug-likeness (QED) is 0.772. The maximum atomic E-state index is 4.48. The van der Waals surface area contributed by atoms with Crippen LogP contribution in [0.15, 0.2) is 11.4 Å². The monoisotopic (exact) mass is 265 g/mol. The van der Waals surface area contributed by atoms with Gasteiger partial charge in [-0.05, 0) is 56.5 Å². The Morgan fingerprint density at radius 1 is 1.18 bits per heavy atom. The van der Waals surface area contributed by atoms with Gasteiger partial charge in [-0.3, -0.25) is 0 Å². The van der Waals surface area contributed by atoms with Gasteiger partial charge in [-0.15, -0.1) is 22.7 Å². The summed E-state index contributed by atoms with van der Waals surface area (Å²) in [6.07, 6.45) is 4.80. The summed E-state index contributed by atoms with van der Waals surface area (Å²) in [7, 11) is 0. The second-order valence-electron chi connectivity index (χ2n) is 4.32. The lowest BCUT2D eigenvalue weighted by Gasteiger charge is -2.01. The van der Waals surface area contributed by atoms with E-state index in [0.29, 0.717) is 0 Å². The number of thiazole rings is 1. The van der Waals surface area contributed by atoms with Crippen LogP contribution in [0, 0.1) is 13.8 Å². The van der Waals surface area contributed by atoms with E-state index >= 15 is 0 Å². The van der Waals surface area contributed by atoms with Gasteiger partial charge in [0.1, 0.15) is 0 Å². The molecule has 0 radical (unpaired) electrons. The molecule has 17 heavy (non-hydrogen) atoms. The van der Waals surface area contributed by atoms with Gasteiger partial charge < -0.3 is 0 Å². The predicted octanol–water partition coefficient (Wildman–Crippen LogP) is 4.56. The van der Waals surface area contributed by atoms with E-state index in [0.717, 1.165) is 0 Å². The number of thiophene rings is 1. The molecule has 0 fully saturated rings. The fraction of sp³-hybridized carbons (Fsp3) is 0.500. The third-order valence-corrected chi connectivity index (χ3v) is 5.25. The van der Waals surface area contributed by atoms with Crippen LogP contribution in [0.4, 0.5) is 0 Å². The minimum atomic E-state index is 1.17. The van der Waals surface area contributed by atoms with E-state index in [1.54, 1.807) is 10.4 Å². The van der Waals surface area contributed by atoms with Crippen molar-refractivity contribution in [2.24, 2.45) is 0 Å². The first-order chi connectivity index (χ1) is 8.20. The van der Waals surface area contributed by atoms with Crippen LogP contribution >= 0.6 is 22.7 Å². The summed E-state index contributed by atoms with van der Waals surface area (Å²) in [5.41, 5.74) is 2.78. The number of rotatable bonds is 5. The van der Waals surface area contributed by atoms with Gasteiger partial charge in [0.05, 0.1) is 10.7 Å². The lowest BCUT2D eigenvalue weighted by Crippen LogP contribution is -1.91. The van der Waals surface area contributed by atoms with E-state index in [9.17, 15) is 0 Å². The molecule has 92 valence electrons. The highest BCUT2D eigenvalue weighted by Crippen LogP contribution is 2.22. The summed E-state index contributed by atoms with van der Waals surface area (Å²) in [6.45, 7) is 6.46. The Hall–Kier alpha value is -0.670. The second kappa shape index (κ2) is 5.78. The Morgan fingerprint density at radius 2 is 2.00 bits per heavy atom. The second-order valence-corrected chi connectivity index (χ2v) is 6.61. The van der Waals surface area contributed by atoms with Gasteiger partial charge in [-0.1, -0.05) is 6.92 Å². The number of aryl methyl sites for hydroxylation is 5. The van der Waals surface area contributed by atoms with Crippen molar-refractivity contribution < 1.29 is 0 Å². The van der Waals surface area contributed by atoms with Crippen LogP contribution in [-0.4, -0.2) is 4.98 Å². The molecule has 0 saturated carbocycles. The number of nitrogens with zero attached hydrogens (tertiary/aromatic N) is 1. The molecule has 0 atom stereocenters.